The van der Waals surface area contributed by atoms with E-state index in [9.17, 15) is 0 Å². The Kier molecular flexibility index (Phi) is 4.47. The Labute approximate surface area is 101 Å². The minimum Gasteiger partial charge on any atom is -0.350 e. The number of aryl methyl sites for hydroxylation is 1. The predicted octanol–water partition coefficient (Wildman–Crippen LogP) is 0.712. The molecule has 6 heteroatoms. The number of nitrogens with one attached hydrogen (secondary N) is 1. The minimum absolute atomic E-state index is 0.113. The number of rotatable bonds is 6. The molecule has 0 radical (unpaired) electrons. The van der Waals surface area contributed by atoms with Crippen molar-refractivity contribution < 1.29 is 9.47 Å². The molecular weight excluding hydrogens is 220 g/mol. The average molecular weight is 240 g/mol. The largest absolute Gasteiger partial charge is 0.350 e. The van der Waals surface area contributed by atoms with Crippen molar-refractivity contribution in [3.05, 3.63) is 11.9 Å². The zero-order valence-electron chi connectivity index (χ0n) is 10.4. The molecule has 1 fully saturated rings. The summed E-state index contributed by atoms with van der Waals surface area (Å²) in [4.78, 5) is 0. The first-order valence-electron chi connectivity index (χ1n) is 6.14. The third kappa shape index (κ3) is 3.02. The lowest BCUT2D eigenvalue weighted by Crippen LogP contribution is -2.25. The summed E-state index contributed by atoms with van der Waals surface area (Å²) < 4.78 is 12.9. The molecule has 0 bridgehead atoms. The van der Waals surface area contributed by atoms with Crippen molar-refractivity contribution in [2.45, 2.75) is 38.6 Å². The lowest BCUT2D eigenvalue weighted by Gasteiger charge is -2.19. The molecule has 1 aliphatic rings. The van der Waals surface area contributed by atoms with E-state index in [1.807, 2.05) is 17.9 Å². The molecule has 1 saturated heterocycles. The molecule has 1 aromatic heterocycles. The van der Waals surface area contributed by atoms with Crippen molar-refractivity contribution in [3.63, 3.8) is 0 Å². The molecule has 1 unspecified atom stereocenters. The average Bonchev–Trinajstić information content (AvgIpc) is 2.97. The highest BCUT2D eigenvalue weighted by atomic mass is 16.7. The third-order valence-corrected chi connectivity index (χ3v) is 2.91. The number of hydrogen-bond donors (Lipinski definition) is 1. The van der Waals surface area contributed by atoms with Crippen LogP contribution in [0, 0.1) is 0 Å². The summed E-state index contributed by atoms with van der Waals surface area (Å²) in [6, 6.07) is 0.166. The van der Waals surface area contributed by atoms with Gasteiger partial charge < -0.3 is 14.8 Å². The Morgan fingerprint density at radius 1 is 1.53 bits per heavy atom. The fourth-order valence-electron chi connectivity index (χ4n) is 2.04. The molecule has 17 heavy (non-hydrogen) atoms. The van der Waals surface area contributed by atoms with Gasteiger partial charge in [0.15, 0.2) is 6.29 Å². The first-order valence-corrected chi connectivity index (χ1v) is 6.14. The van der Waals surface area contributed by atoms with Gasteiger partial charge >= 0.3 is 0 Å². The van der Waals surface area contributed by atoms with E-state index in [1.54, 1.807) is 0 Å². The van der Waals surface area contributed by atoms with Gasteiger partial charge in [-0.3, -0.25) is 0 Å². The van der Waals surface area contributed by atoms with Crippen LogP contribution >= 0.6 is 0 Å². The molecule has 1 aliphatic heterocycles. The fraction of sp³-hybridized carbons (Fsp3) is 0.818. The Balaban J connectivity index is 2.02. The Morgan fingerprint density at radius 3 is 2.94 bits per heavy atom. The van der Waals surface area contributed by atoms with Crippen molar-refractivity contribution in [1.29, 1.82) is 0 Å². The van der Waals surface area contributed by atoms with Crippen LogP contribution in [0.15, 0.2) is 6.20 Å². The van der Waals surface area contributed by atoms with E-state index in [2.05, 4.69) is 22.6 Å². The molecule has 1 N–H and O–H groups in total. The van der Waals surface area contributed by atoms with Crippen molar-refractivity contribution >= 4 is 0 Å². The van der Waals surface area contributed by atoms with Gasteiger partial charge in [-0.1, -0.05) is 12.1 Å². The summed E-state index contributed by atoms with van der Waals surface area (Å²) in [5, 5.41) is 11.3. The molecule has 1 atom stereocenters. The molecule has 2 heterocycles. The maximum Gasteiger partial charge on any atom is 0.159 e. The fourth-order valence-corrected chi connectivity index (χ4v) is 2.04. The first kappa shape index (κ1) is 12.5. The highest BCUT2D eigenvalue weighted by Gasteiger charge is 2.24. The van der Waals surface area contributed by atoms with E-state index in [0.717, 1.165) is 25.1 Å². The van der Waals surface area contributed by atoms with E-state index in [0.29, 0.717) is 13.2 Å². The number of aromatic nitrogens is 3. The lowest BCUT2D eigenvalue weighted by atomic mass is 10.1. The van der Waals surface area contributed by atoms with Crippen LogP contribution in [0.4, 0.5) is 0 Å². The van der Waals surface area contributed by atoms with Crippen molar-refractivity contribution in [2.24, 2.45) is 0 Å². The van der Waals surface area contributed by atoms with E-state index in [1.165, 1.54) is 0 Å². The van der Waals surface area contributed by atoms with Gasteiger partial charge in [0.1, 0.15) is 0 Å². The topological polar surface area (TPSA) is 61.2 Å². The van der Waals surface area contributed by atoms with Crippen molar-refractivity contribution in [1.82, 2.24) is 20.3 Å². The molecular formula is C11H20N4O2. The molecule has 0 aromatic carbocycles. The summed E-state index contributed by atoms with van der Waals surface area (Å²) in [6.07, 6.45) is 3.53. The monoisotopic (exact) mass is 240 g/mol. The van der Waals surface area contributed by atoms with Crippen LogP contribution < -0.4 is 5.32 Å². The van der Waals surface area contributed by atoms with Gasteiger partial charge in [-0.15, -0.1) is 5.10 Å². The molecule has 0 amide bonds. The van der Waals surface area contributed by atoms with Crippen LogP contribution in [0.1, 0.15) is 31.5 Å². The number of ether oxygens (including phenoxy) is 2. The van der Waals surface area contributed by atoms with Crippen LogP contribution in [0.3, 0.4) is 0 Å². The maximum absolute atomic E-state index is 5.47. The summed E-state index contributed by atoms with van der Waals surface area (Å²) in [6.45, 7) is 4.39. The van der Waals surface area contributed by atoms with Crippen LogP contribution in [0.2, 0.25) is 0 Å². The highest BCUT2D eigenvalue weighted by Crippen LogP contribution is 2.21. The second kappa shape index (κ2) is 6.09. The van der Waals surface area contributed by atoms with E-state index in [-0.39, 0.29) is 12.3 Å². The van der Waals surface area contributed by atoms with Gasteiger partial charge in [0.2, 0.25) is 0 Å². The Hall–Kier alpha value is -0.980. The maximum atomic E-state index is 5.47. The first-order chi connectivity index (χ1) is 8.35. The van der Waals surface area contributed by atoms with Gasteiger partial charge in [-0.05, 0) is 13.5 Å². The quantitative estimate of drug-likeness (QED) is 0.793. The molecule has 2 rings (SSSR count). The standard InChI is InChI=1S/C11H20N4O2/c1-3-4-15-10(8-13-14-15)9(12-2)7-11-16-5-6-17-11/h8-9,11-12H,3-7H2,1-2H3. The summed E-state index contributed by atoms with van der Waals surface area (Å²) in [7, 11) is 1.93. The van der Waals surface area contributed by atoms with E-state index >= 15 is 0 Å². The molecule has 0 aliphatic carbocycles. The number of hydrogen-bond acceptors (Lipinski definition) is 5. The Bertz CT molecular complexity index is 336. The SMILES string of the molecule is CCCn1nncc1C(CC1OCCO1)NC. The van der Waals surface area contributed by atoms with Gasteiger partial charge in [0.05, 0.1) is 31.1 Å². The molecule has 0 saturated carbocycles. The van der Waals surface area contributed by atoms with E-state index < -0.39 is 0 Å². The van der Waals surface area contributed by atoms with Gasteiger partial charge in [-0.2, -0.15) is 0 Å². The molecule has 0 spiro atoms. The highest BCUT2D eigenvalue weighted by molar-refractivity contribution is 5.02. The Morgan fingerprint density at radius 2 is 2.29 bits per heavy atom. The van der Waals surface area contributed by atoms with Gasteiger partial charge in [0.25, 0.3) is 0 Å². The van der Waals surface area contributed by atoms with Crippen LogP contribution in [0.25, 0.3) is 0 Å². The molecule has 96 valence electrons. The lowest BCUT2D eigenvalue weighted by molar-refractivity contribution is -0.0530. The minimum atomic E-state index is -0.113. The zero-order chi connectivity index (χ0) is 12.1. The summed E-state index contributed by atoms with van der Waals surface area (Å²) in [5.74, 6) is 0. The molecule has 6 nitrogen and oxygen atoms in total. The summed E-state index contributed by atoms with van der Waals surface area (Å²) in [5.41, 5.74) is 1.09. The van der Waals surface area contributed by atoms with Crippen molar-refractivity contribution in [3.8, 4) is 0 Å². The number of nitrogens with zero attached hydrogens (tertiary/aromatic N) is 3. The van der Waals surface area contributed by atoms with Gasteiger partial charge in [0, 0.05) is 13.0 Å². The van der Waals surface area contributed by atoms with Crippen LogP contribution in [-0.2, 0) is 16.0 Å². The zero-order valence-corrected chi connectivity index (χ0v) is 10.4. The summed E-state index contributed by atoms with van der Waals surface area (Å²) >= 11 is 0. The van der Waals surface area contributed by atoms with Crippen LogP contribution in [-0.4, -0.2) is 41.5 Å². The van der Waals surface area contributed by atoms with Gasteiger partial charge in [-0.25, -0.2) is 4.68 Å². The second-order valence-electron chi connectivity index (χ2n) is 4.13. The smallest absolute Gasteiger partial charge is 0.159 e. The third-order valence-electron chi connectivity index (χ3n) is 2.91. The second-order valence-corrected chi connectivity index (χ2v) is 4.13. The van der Waals surface area contributed by atoms with Crippen molar-refractivity contribution in [2.75, 3.05) is 20.3 Å². The molecule has 1 aromatic rings. The van der Waals surface area contributed by atoms with E-state index in [4.69, 9.17) is 9.47 Å². The van der Waals surface area contributed by atoms with Crippen LogP contribution in [0.5, 0.6) is 0 Å². The normalized spacial score (nSPS) is 18.7. The predicted molar refractivity (Wildman–Crippen MR) is 62.4 cm³/mol.